The van der Waals surface area contributed by atoms with Crippen LogP contribution in [0.3, 0.4) is 0 Å². The van der Waals surface area contributed by atoms with Crippen molar-refractivity contribution in [2.24, 2.45) is 0 Å². The largest absolute Gasteiger partial charge is 0.496 e. The highest BCUT2D eigenvalue weighted by Gasteiger charge is 2.11. The lowest BCUT2D eigenvalue weighted by molar-refractivity contribution is 0.332. The van der Waals surface area contributed by atoms with Crippen molar-refractivity contribution in [3.63, 3.8) is 0 Å². The van der Waals surface area contributed by atoms with E-state index in [0.29, 0.717) is 0 Å². The third kappa shape index (κ3) is 2.80. The number of hydrogen-bond donors (Lipinski definition) is 1. The first-order valence-corrected chi connectivity index (χ1v) is 5.55. The average Bonchev–Trinajstić information content (AvgIpc) is 2.36. The van der Waals surface area contributed by atoms with Gasteiger partial charge in [0, 0.05) is 5.56 Å². The summed E-state index contributed by atoms with van der Waals surface area (Å²) in [4.78, 5) is 0. The van der Waals surface area contributed by atoms with Gasteiger partial charge in [-0.05, 0) is 49.6 Å². The molecule has 0 fully saturated rings. The van der Waals surface area contributed by atoms with Gasteiger partial charge in [0.05, 0.1) is 20.8 Å². The Morgan fingerprint density at radius 2 is 1.71 bits per heavy atom. The molecule has 1 rings (SSSR count). The van der Waals surface area contributed by atoms with E-state index in [9.17, 15) is 5.11 Å². The highest BCUT2D eigenvalue weighted by molar-refractivity contribution is 5.73. The standard InChI is InChI=1S/C14H20O3/c1-9-6-14(17-5)12(7-13(9)16-4)11(3)10(2)8-15/h6-7,15H,8H2,1-5H3. The van der Waals surface area contributed by atoms with Gasteiger partial charge in [0.2, 0.25) is 0 Å². The van der Waals surface area contributed by atoms with E-state index in [1.165, 1.54) is 0 Å². The fourth-order valence-electron chi connectivity index (χ4n) is 1.69. The Bertz CT molecular complexity index is 433. The molecule has 1 aromatic rings. The van der Waals surface area contributed by atoms with E-state index < -0.39 is 0 Å². The summed E-state index contributed by atoms with van der Waals surface area (Å²) in [5.74, 6) is 1.62. The SMILES string of the molecule is COc1cc(C(C)=C(C)CO)c(OC)cc1C. The van der Waals surface area contributed by atoms with Crippen LogP contribution in [0.5, 0.6) is 11.5 Å². The van der Waals surface area contributed by atoms with Gasteiger partial charge in [0.1, 0.15) is 11.5 Å². The van der Waals surface area contributed by atoms with Gasteiger partial charge in [-0.1, -0.05) is 0 Å². The van der Waals surface area contributed by atoms with E-state index in [-0.39, 0.29) is 6.61 Å². The highest BCUT2D eigenvalue weighted by atomic mass is 16.5. The molecule has 0 aromatic heterocycles. The number of methoxy groups -OCH3 is 2. The van der Waals surface area contributed by atoms with Crippen LogP contribution in [0.1, 0.15) is 25.0 Å². The lowest BCUT2D eigenvalue weighted by Crippen LogP contribution is -1.97. The smallest absolute Gasteiger partial charge is 0.126 e. The third-order valence-electron chi connectivity index (χ3n) is 3.00. The minimum absolute atomic E-state index is 0.0468. The van der Waals surface area contributed by atoms with Gasteiger partial charge in [-0.25, -0.2) is 0 Å². The van der Waals surface area contributed by atoms with Crippen molar-refractivity contribution in [2.75, 3.05) is 20.8 Å². The molecular weight excluding hydrogens is 216 g/mol. The Morgan fingerprint density at radius 1 is 1.12 bits per heavy atom. The second-order valence-electron chi connectivity index (χ2n) is 4.09. The maximum absolute atomic E-state index is 9.18. The Kier molecular flexibility index (Phi) is 4.58. The van der Waals surface area contributed by atoms with Crippen molar-refractivity contribution in [1.29, 1.82) is 0 Å². The molecule has 0 spiro atoms. The van der Waals surface area contributed by atoms with E-state index in [4.69, 9.17) is 9.47 Å². The molecule has 0 aliphatic carbocycles. The fourth-order valence-corrected chi connectivity index (χ4v) is 1.69. The zero-order valence-electron chi connectivity index (χ0n) is 11.1. The summed E-state index contributed by atoms with van der Waals surface area (Å²) in [5.41, 5.74) is 3.93. The summed E-state index contributed by atoms with van der Waals surface area (Å²) in [6, 6.07) is 3.89. The monoisotopic (exact) mass is 236 g/mol. The van der Waals surface area contributed by atoms with Crippen LogP contribution in [0, 0.1) is 6.92 Å². The third-order valence-corrected chi connectivity index (χ3v) is 3.00. The molecule has 3 nitrogen and oxygen atoms in total. The molecule has 1 N–H and O–H groups in total. The molecule has 0 aliphatic rings. The average molecular weight is 236 g/mol. The molecule has 1 aromatic carbocycles. The molecule has 0 saturated heterocycles. The number of ether oxygens (including phenoxy) is 2. The summed E-state index contributed by atoms with van der Waals surface area (Å²) in [5, 5.41) is 9.18. The Labute approximate surface area is 103 Å². The van der Waals surface area contributed by atoms with Crippen LogP contribution in [0.15, 0.2) is 17.7 Å². The van der Waals surface area contributed by atoms with E-state index >= 15 is 0 Å². The molecule has 0 unspecified atom stereocenters. The number of aryl methyl sites for hydroxylation is 1. The minimum Gasteiger partial charge on any atom is -0.496 e. The molecule has 0 atom stereocenters. The molecule has 0 bridgehead atoms. The first-order valence-electron chi connectivity index (χ1n) is 5.55. The zero-order valence-corrected chi connectivity index (χ0v) is 11.1. The van der Waals surface area contributed by atoms with Gasteiger partial charge in [0.25, 0.3) is 0 Å². The Hall–Kier alpha value is -1.48. The summed E-state index contributed by atoms with van der Waals surface area (Å²) >= 11 is 0. The van der Waals surface area contributed by atoms with Crippen LogP contribution in [0.4, 0.5) is 0 Å². The van der Waals surface area contributed by atoms with Crippen LogP contribution < -0.4 is 9.47 Å². The van der Waals surface area contributed by atoms with Crippen LogP contribution >= 0.6 is 0 Å². The predicted molar refractivity (Wildman–Crippen MR) is 69.6 cm³/mol. The number of aliphatic hydroxyl groups is 1. The molecule has 0 aliphatic heterocycles. The summed E-state index contributed by atoms with van der Waals surface area (Å²) < 4.78 is 10.7. The van der Waals surface area contributed by atoms with Crippen molar-refractivity contribution < 1.29 is 14.6 Å². The number of allylic oxidation sites excluding steroid dienone is 1. The normalized spacial score (nSPS) is 12.1. The van der Waals surface area contributed by atoms with E-state index in [2.05, 4.69) is 0 Å². The number of aliphatic hydroxyl groups excluding tert-OH is 1. The van der Waals surface area contributed by atoms with Crippen molar-refractivity contribution in [1.82, 2.24) is 0 Å². The van der Waals surface area contributed by atoms with Crippen LogP contribution in [-0.2, 0) is 0 Å². The Balaban J connectivity index is 3.41. The summed E-state index contributed by atoms with van der Waals surface area (Å²) in [7, 11) is 3.29. The zero-order chi connectivity index (χ0) is 13.0. The fraction of sp³-hybridized carbons (Fsp3) is 0.429. The van der Waals surface area contributed by atoms with Crippen molar-refractivity contribution in [2.45, 2.75) is 20.8 Å². The van der Waals surface area contributed by atoms with Crippen molar-refractivity contribution in [3.8, 4) is 11.5 Å². The van der Waals surface area contributed by atoms with Gasteiger partial charge in [-0.3, -0.25) is 0 Å². The van der Waals surface area contributed by atoms with Gasteiger partial charge in [-0.2, -0.15) is 0 Å². The minimum atomic E-state index is 0.0468. The molecule has 94 valence electrons. The van der Waals surface area contributed by atoms with Gasteiger partial charge in [0.15, 0.2) is 0 Å². The predicted octanol–water partition coefficient (Wildman–Crippen LogP) is 2.80. The van der Waals surface area contributed by atoms with Gasteiger partial charge < -0.3 is 14.6 Å². The second-order valence-corrected chi connectivity index (χ2v) is 4.09. The van der Waals surface area contributed by atoms with Crippen LogP contribution in [0.2, 0.25) is 0 Å². The maximum Gasteiger partial charge on any atom is 0.126 e. The second kappa shape index (κ2) is 5.73. The number of benzene rings is 1. The molecule has 0 amide bonds. The molecule has 3 heteroatoms. The number of hydrogen-bond acceptors (Lipinski definition) is 3. The molecule has 0 saturated carbocycles. The van der Waals surface area contributed by atoms with Gasteiger partial charge in [-0.15, -0.1) is 0 Å². The summed E-state index contributed by atoms with van der Waals surface area (Å²) in [6.07, 6.45) is 0. The van der Waals surface area contributed by atoms with Crippen LogP contribution in [0.25, 0.3) is 5.57 Å². The highest BCUT2D eigenvalue weighted by Crippen LogP contribution is 2.33. The number of rotatable bonds is 4. The van der Waals surface area contributed by atoms with Gasteiger partial charge >= 0.3 is 0 Å². The van der Waals surface area contributed by atoms with Crippen molar-refractivity contribution >= 4 is 5.57 Å². The Morgan fingerprint density at radius 3 is 2.18 bits per heavy atom. The van der Waals surface area contributed by atoms with E-state index in [1.54, 1.807) is 14.2 Å². The maximum atomic E-state index is 9.18. The van der Waals surface area contributed by atoms with Crippen LogP contribution in [-0.4, -0.2) is 25.9 Å². The lowest BCUT2D eigenvalue weighted by atomic mass is 9.99. The topological polar surface area (TPSA) is 38.7 Å². The summed E-state index contributed by atoms with van der Waals surface area (Å²) in [6.45, 7) is 5.90. The molecule has 0 heterocycles. The van der Waals surface area contributed by atoms with Crippen molar-refractivity contribution in [3.05, 3.63) is 28.8 Å². The molecule has 17 heavy (non-hydrogen) atoms. The first-order chi connectivity index (χ1) is 8.04. The van der Waals surface area contributed by atoms with E-state index in [0.717, 1.165) is 33.8 Å². The molecular formula is C14H20O3. The van der Waals surface area contributed by atoms with E-state index in [1.807, 2.05) is 32.9 Å². The lowest BCUT2D eigenvalue weighted by Gasteiger charge is -2.15. The molecule has 0 radical (unpaired) electrons. The quantitative estimate of drug-likeness (QED) is 0.873. The first kappa shape index (κ1) is 13.6.